The normalized spacial score (nSPS) is 12.0. The molecule has 0 aliphatic rings. The van der Waals surface area contributed by atoms with Crippen molar-refractivity contribution in [1.82, 2.24) is 10.2 Å². The van der Waals surface area contributed by atoms with Gasteiger partial charge < -0.3 is 10.2 Å². The highest BCUT2D eigenvalue weighted by Crippen LogP contribution is 2.27. The van der Waals surface area contributed by atoms with Crippen molar-refractivity contribution in [2.24, 2.45) is 0 Å². The van der Waals surface area contributed by atoms with Gasteiger partial charge in [-0.3, -0.25) is 13.9 Å². The van der Waals surface area contributed by atoms with Gasteiger partial charge in [-0.1, -0.05) is 78.9 Å². The van der Waals surface area contributed by atoms with E-state index in [9.17, 15) is 18.0 Å². The van der Waals surface area contributed by atoms with Crippen molar-refractivity contribution in [1.29, 1.82) is 0 Å². The number of hydrogen-bond donors (Lipinski definition) is 1. The summed E-state index contributed by atoms with van der Waals surface area (Å²) in [5, 5.41) is 2.68. The Balaban J connectivity index is 2.04. The van der Waals surface area contributed by atoms with E-state index in [0.29, 0.717) is 12.1 Å². The van der Waals surface area contributed by atoms with Crippen molar-refractivity contribution in [2.45, 2.75) is 32.9 Å². The van der Waals surface area contributed by atoms with Crippen LogP contribution in [-0.4, -0.2) is 51.0 Å². The second-order valence-corrected chi connectivity index (χ2v) is 10.7. The van der Waals surface area contributed by atoms with Crippen molar-refractivity contribution in [3.63, 3.8) is 0 Å². The van der Waals surface area contributed by atoms with Crippen LogP contribution < -0.4 is 9.62 Å². The molecule has 0 radical (unpaired) electrons. The maximum Gasteiger partial charge on any atom is 0.244 e. The Morgan fingerprint density at radius 1 is 0.833 bits per heavy atom. The number of sulfonamides is 1. The maximum atomic E-state index is 13.9. The molecule has 3 rings (SSSR count). The molecule has 36 heavy (non-hydrogen) atoms. The van der Waals surface area contributed by atoms with Crippen LogP contribution >= 0.6 is 0 Å². The molecule has 3 aromatic carbocycles. The number of aryl methyl sites for hydroxylation is 2. The number of nitrogens with zero attached hydrogens (tertiary/aromatic N) is 2. The molecule has 0 aliphatic carbocycles. The summed E-state index contributed by atoms with van der Waals surface area (Å²) in [6.07, 6.45) is 1.38. The first-order chi connectivity index (χ1) is 17.1. The number of carbonyl (C=O) groups is 2. The molecule has 1 N–H and O–H groups in total. The van der Waals surface area contributed by atoms with Crippen LogP contribution in [0, 0.1) is 13.8 Å². The first kappa shape index (κ1) is 26.9. The molecular weight excluding hydrogens is 474 g/mol. The Morgan fingerprint density at radius 3 is 1.86 bits per heavy atom. The molecule has 0 spiro atoms. The summed E-state index contributed by atoms with van der Waals surface area (Å²) in [5.74, 6) is -0.780. The van der Waals surface area contributed by atoms with Crippen molar-refractivity contribution in [3.05, 3.63) is 101 Å². The molecule has 7 nitrogen and oxygen atoms in total. The van der Waals surface area contributed by atoms with E-state index < -0.39 is 28.5 Å². The molecule has 0 heterocycles. The highest BCUT2D eigenvalue weighted by Gasteiger charge is 2.33. The lowest BCUT2D eigenvalue weighted by Crippen LogP contribution is -2.53. The molecule has 3 aromatic rings. The molecule has 8 heteroatoms. The number of carbonyl (C=O) groups excluding carboxylic acids is 2. The van der Waals surface area contributed by atoms with Crippen molar-refractivity contribution in [3.8, 4) is 0 Å². The summed E-state index contributed by atoms with van der Waals surface area (Å²) >= 11 is 0. The molecule has 0 aliphatic heterocycles. The maximum absolute atomic E-state index is 13.9. The van der Waals surface area contributed by atoms with E-state index in [0.717, 1.165) is 32.8 Å². The van der Waals surface area contributed by atoms with Crippen LogP contribution in [0.1, 0.15) is 22.3 Å². The fourth-order valence-corrected chi connectivity index (χ4v) is 5.24. The van der Waals surface area contributed by atoms with E-state index >= 15 is 0 Å². The summed E-state index contributed by atoms with van der Waals surface area (Å²) in [7, 11) is -2.26. The number of anilines is 1. The third-order valence-corrected chi connectivity index (χ3v) is 7.19. The van der Waals surface area contributed by atoms with E-state index in [-0.39, 0.29) is 12.5 Å². The summed E-state index contributed by atoms with van der Waals surface area (Å²) in [4.78, 5) is 28.4. The topological polar surface area (TPSA) is 86.8 Å². The van der Waals surface area contributed by atoms with Gasteiger partial charge in [0.25, 0.3) is 0 Å². The van der Waals surface area contributed by atoms with Crippen LogP contribution in [-0.2, 0) is 32.6 Å². The minimum atomic E-state index is -3.79. The number of nitrogens with one attached hydrogen (secondary N) is 1. The monoisotopic (exact) mass is 507 g/mol. The quantitative estimate of drug-likeness (QED) is 0.455. The van der Waals surface area contributed by atoms with Gasteiger partial charge >= 0.3 is 0 Å². The van der Waals surface area contributed by atoms with Crippen LogP contribution in [0.3, 0.4) is 0 Å². The standard InChI is InChI=1S/C28H33N3O4S/c1-21-12-11-13-22(2)27(21)31(36(4,34)35)20-26(32)30(19-24-16-9-6-10-17-24)25(28(33)29-3)18-23-14-7-5-8-15-23/h5-17,25H,18-20H2,1-4H3,(H,29,33)/t25-/m1/s1. The Morgan fingerprint density at radius 2 is 1.36 bits per heavy atom. The lowest BCUT2D eigenvalue weighted by Gasteiger charge is -2.34. The zero-order valence-electron chi connectivity index (χ0n) is 21.1. The fourth-order valence-electron chi connectivity index (χ4n) is 4.28. The second-order valence-electron chi connectivity index (χ2n) is 8.84. The first-order valence-electron chi connectivity index (χ1n) is 11.7. The minimum absolute atomic E-state index is 0.162. The van der Waals surface area contributed by atoms with Crippen LogP contribution in [0.2, 0.25) is 0 Å². The number of hydrogen-bond acceptors (Lipinski definition) is 4. The average Bonchev–Trinajstić information content (AvgIpc) is 2.85. The van der Waals surface area contributed by atoms with E-state index in [1.54, 1.807) is 0 Å². The molecule has 0 bridgehead atoms. The van der Waals surface area contributed by atoms with Gasteiger partial charge in [-0.25, -0.2) is 8.42 Å². The summed E-state index contributed by atoms with van der Waals surface area (Å²) < 4.78 is 26.9. The largest absolute Gasteiger partial charge is 0.357 e. The van der Waals surface area contributed by atoms with Crippen LogP contribution in [0.15, 0.2) is 78.9 Å². The Kier molecular flexibility index (Phi) is 8.88. The molecule has 0 saturated heterocycles. The third kappa shape index (κ3) is 6.73. The smallest absolute Gasteiger partial charge is 0.244 e. The predicted molar refractivity (Wildman–Crippen MR) is 143 cm³/mol. The predicted octanol–water partition coefficient (Wildman–Crippen LogP) is 3.46. The van der Waals surface area contributed by atoms with Crippen LogP contribution in [0.25, 0.3) is 0 Å². The molecule has 0 fully saturated rings. The lowest BCUT2D eigenvalue weighted by molar-refractivity contribution is -0.139. The van der Waals surface area contributed by atoms with Gasteiger partial charge in [-0.05, 0) is 36.1 Å². The van der Waals surface area contributed by atoms with Crippen LogP contribution in [0.4, 0.5) is 5.69 Å². The molecule has 2 amide bonds. The molecule has 0 saturated carbocycles. The molecule has 1 atom stereocenters. The highest BCUT2D eigenvalue weighted by molar-refractivity contribution is 7.92. The van der Waals surface area contributed by atoms with E-state index in [1.807, 2.05) is 92.7 Å². The van der Waals surface area contributed by atoms with E-state index in [1.165, 1.54) is 11.9 Å². The van der Waals surface area contributed by atoms with Crippen molar-refractivity contribution >= 4 is 27.5 Å². The fraction of sp³-hybridized carbons (Fsp3) is 0.286. The van der Waals surface area contributed by atoms with Gasteiger partial charge in [0.2, 0.25) is 21.8 Å². The van der Waals surface area contributed by atoms with Gasteiger partial charge in [-0.15, -0.1) is 0 Å². The van der Waals surface area contributed by atoms with Gasteiger partial charge in [0, 0.05) is 20.0 Å². The number of para-hydroxylation sites is 1. The number of benzene rings is 3. The number of amides is 2. The zero-order valence-corrected chi connectivity index (χ0v) is 22.0. The van der Waals surface area contributed by atoms with Crippen LogP contribution in [0.5, 0.6) is 0 Å². The second kappa shape index (κ2) is 11.9. The van der Waals surface area contributed by atoms with E-state index in [2.05, 4.69) is 5.32 Å². The van der Waals surface area contributed by atoms with Gasteiger partial charge in [0.15, 0.2) is 0 Å². The van der Waals surface area contributed by atoms with Gasteiger partial charge in [0.1, 0.15) is 12.6 Å². The summed E-state index contributed by atoms with van der Waals surface area (Å²) in [5.41, 5.74) is 3.70. The lowest BCUT2D eigenvalue weighted by atomic mass is 10.0. The summed E-state index contributed by atoms with van der Waals surface area (Å²) in [6.45, 7) is 3.37. The van der Waals surface area contributed by atoms with E-state index in [4.69, 9.17) is 0 Å². The number of rotatable bonds is 10. The SMILES string of the molecule is CNC(=O)[C@@H](Cc1ccccc1)N(Cc1ccccc1)C(=O)CN(c1c(C)cccc1C)S(C)(=O)=O. The third-order valence-electron chi connectivity index (χ3n) is 6.08. The molecule has 0 unspecified atom stereocenters. The van der Waals surface area contributed by atoms with Crippen molar-refractivity contribution in [2.75, 3.05) is 24.2 Å². The van der Waals surface area contributed by atoms with Gasteiger partial charge in [-0.2, -0.15) is 0 Å². The highest BCUT2D eigenvalue weighted by atomic mass is 32.2. The Labute approximate surface area is 213 Å². The summed E-state index contributed by atoms with van der Waals surface area (Å²) in [6, 6.07) is 23.5. The molecular formula is C28H33N3O4S. The first-order valence-corrected chi connectivity index (χ1v) is 13.6. The minimum Gasteiger partial charge on any atom is -0.357 e. The zero-order chi connectivity index (χ0) is 26.3. The van der Waals surface area contributed by atoms with Gasteiger partial charge in [0.05, 0.1) is 11.9 Å². The number of likely N-dealkylation sites (N-methyl/N-ethyl adjacent to an activating group) is 1. The molecule has 190 valence electrons. The Bertz CT molecular complexity index is 1270. The Hall–Kier alpha value is -3.65. The van der Waals surface area contributed by atoms with Crippen molar-refractivity contribution < 1.29 is 18.0 Å². The average molecular weight is 508 g/mol. The molecule has 0 aromatic heterocycles.